The van der Waals surface area contributed by atoms with E-state index in [2.05, 4.69) is 0 Å². The third kappa shape index (κ3) is 4.41. The van der Waals surface area contributed by atoms with E-state index < -0.39 is 40.7 Å². The average molecular weight is 553 g/mol. The fraction of sp³-hybridized carbons (Fsp3) is 0.231. The quantitative estimate of drug-likeness (QED) is 0.299. The second kappa shape index (κ2) is 9.48. The number of nitrogens with zero attached hydrogens (tertiary/aromatic N) is 2. The fourth-order valence-corrected chi connectivity index (χ4v) is 4.73. The molecule has 0 saturated carbocycles. The Morgan fingerprint density at radius 1 is 1.00 bits per heavy atom. The first kappa shape index (κ1) is 27.2. The van der Waals surface area contributed by atoms with Gasteiger partial charge in [0.1, 0.15) is 5.75 Å². The summed E-state index contributed by atoms with van der Waals surface area (Å²) < 4.78 is 65.5. The highest BCUT2D eigenvalue weighted by Crippen LogP contribution is 2.50. The van der Waals surface area contributed by atoms with Crippen molar-refractivity contribution >= 4 is 28.6 Å². The molecule has 38 heavy (non-hydrogen) atoms. The van der Waals surface area contributed by atoms with E-state index in [4.69, 9.17) is 21.4 Å². The number of hydrogen-bond acceptors (Lipinski definition) is 4. The van der Waals surface area contributed by atoms with Crippen LogP contribution in [0.5, 0.6) is 11.5 Å². The lowest BCUT2D eigenvalue weighted by Crippen LogP contribution is -2.46. The van der Waals surface area contributed by atoms with Crippen molar-refractivity contribution in [2.75, 3.05) is 0 Å². The molecule has 0 spiro atoms. The van der Waals surface area contributed by atoms with Crippen molar-refractivity contribution in [1.29, 1.82) is 0 Å². The smallest absolute Gasteiger partial charge is 0.422 e. The van der Waals surface area contributed by atoms with E-state index in [0.717, 1.165) is 37.3 Å². The number of ether oxygens (including phenoxy) is 1. The number of aromatic carboxylic acids is 1. The van der Waals surface area contributed by atoms with Crippen molar-refractivity contribution in [1.82, 2.24) is 9.13 Å². The number of carboxylic acids is 1. The van der Waals surface area contributed by atoms with E-state index in [0.29, 0.717) is 5.52 Å². The van der Waals surface area contributed by atoms with Gasteiger partial charge >= 0.3 is 17.8 Å². The van der Waals surface area contributed by atoms with Gasteiger partial charge in [-0.2, -0.15) is 13.2 Å². The van der Waals surface area contributed by atoms with Gasteiger partial charge in [0.15, 0.2) is 17.2 Å². The van der Waals surface area contributed by atoms with Gasteiger partial charge < -0.3 is 14.9 Å². The van der Waals surface area contributed by atoms with E-state index in [9.17, 15) is 32.3 Å². The predicted molar refractivity (Wildman–Crippen MR) is 131 cm³/mol. The van der Waals surface area contributed by atoms with Crippen LogP contribution in [-0.2, 0) is 19.7 Å². The van der Waals surface area contributed by atoms with E-state index in [-0.39, 0.29) is 33.2 Å². The second-order valence-electron chi connectivity index (χ2n) is 8.83. The van der Waals surface area contributed by atoms with Gasteiger partial charge in [0, 0.05) is 25.0 Å². The number of fused-ring (bicyclic) bond motifs is 1. The van der Waals surface area contributed by atoms with Crippen LogP contribution in [0.25, 0.3) is 11.0 Å². The monoisotopic (exact) mass is 552 g/mol. The minimum Gasteiger partial charge on any atom is -0.478 e. The molecule has 12 heteroatoms. The lowest BCUT2D eigenvalue weighted by molar-refractivity contribution is -0.274. The number of rotatable bonds is 6. The van der Waals surface area contributed by atoms with Crippen LogP contribution in [0.3, 0.4) is 0 Å². The van der Waals surface area contributed by atoms with Crippen LogP contribution in [0.1, 0.15) is 34.3 Å². The average Bonchev–Trinajstić information content (AvgIpc) is 3.07. The number of imidazole rings is 1. The van der Waals surface area contributed by atoms with Crippen LogP contribution >= 0.6 is 11.6 Å². The number of carboxylic acid groups (broad SMARTS) is 1. The summed E-state index contributed by atoms with van der Waals surface area (Å²) in [6.45, 7) is 1.16. The summed E-state index contributed by atoms with van der Waals surface area (Å²) in [5, 5.41) is 20.0. The molecule has 0 aliphatic carbocycles. The van der Waals surface area contributed by atoms with Gasteiger partial charge in [-0.15, -0.1) is 0 Å². The largest absolute Gasteiger partial charge is 0.478 e. The number of aryl methyl sites for hydroxylation is 2. The van der Waals surface area contributed by atoms with E-state index in [1.165, 1.54) is 47.5 Å². The number of alkyl halides is 3. The molecule has 2 N–H and O–H groups in total. The normalized spacial score (nSPS) is 14.3. The second-order valence-corrected chi connectivity index (χ2v) is 9.23. The zero-order valence-corrected chi connectivity index (χ0v) is 20.9. The van der Waals surface area contributed by atoms with Gasteiger partial charge in [0.2, 0.25) is 0 Å². The third-order valence-corrected chi connectivity index (χ3v) is 6.94. The summed E-state index contributed by atoms with van der Waals surface area (Å²) in [5.74, 6) is -4.25. The molecule has 2 unspecified atom stereocenters. The summed E-state index contributed by atoms with van der Waals surface area (Å²) in [4.78, 5) is 23.2. The minimum absolute atomic E-state index is 0.0239. The lowest BCUT2D eigenvalue weighted by atomic mass is 9.77. The zero-order valence-electron chi connectivity index (χ0n) is 20.2. The molecule has 7 nitrogen and oxygen atoms in total. The molecular weight excluding hydrogens is 532 g/mol. The van der Waals surface area contributed by atoms with Crippen LogP contribution < -0.4 is 10.4 Å². The van der Waals surface area contributed by atoms with E-state index >= 15 is 0 Å². The minimum atomic E-state index is -5.14. The number of aliphatic hydroxyl groups is 1. The fourth-order valence-electron chi connectivity index (χ4n) is 4.39. The standard InChI is InChI=1S/C26H21ClF4N2O5/c1-13(17-7-6-16(12-18(17)27)38-22-9-4-14(23(34)35)10-19(22)28)25(37,26(29,30)31)15-5-8-20-21(11-15)33(3)24(36)32(20)2/h4-13,37H,1-3H3,(H,34,35). The molecule has 200 valence electrons. The first-order chi connectivity index (χ1) is 17.7. The van der Waals surface area contributed by atoms with Gasteiger partial charge in [-0.25, -0.2) is 14.0 Å². The highest BCUT2D eigenvalue weighted by molar-refractivity contribution is 6.31. The molecule has 3 aromatic carbocycles. The lowest BCUT2D eigenvalue weighted by Gasteiger charge is -2.37. The third-order valence-electron chi connectivity index (χ3n) is 6.62. The SMILES string of the molecule is CC(c1ccc(Oc2ccc(C(=O)O)cc2F)cc1Cl)C(O)(c1ccc2c(c1)n(C)c(=O)n2C)C(F)(F)F. The molecule has 2 atom stereocenters. The molecule has 1 heterocycles. The van der Waals surface area contributed by atoms with Gasteiger partial charge in [-0.05, 0) is 53.6 Å². The van der Waals surface area contributed by atoms with E-state index in [1.54, 1.807) is 0 Å². The molecule has 0 amide bonds. The number of halogens is 5. The highest BCUT2D eigenvalue weighted by Gasteiger charge is 2.59. The van der Waals surface area contributed by atoms with Crippen molar-refractivity contribution in [3.8, 4) is 11.5 Å². The molecule has 4 rings (SSSR count). The number of benzene rings is 3. The summed E-state index contributed by atoms with van der Waals surface area (Å²) in [6.07, 6.45) is -5.14. The van der Waals surface area contributed by atoms with Crippen molar-refractivity contribution in [3.63, 3.8) is 0 Å². The Bertz CT molecular complexity index is 1630. The van der Waals surface area contributed by atoms with Crippen LogP contribution in [0.15, 0.2) is 59.4 Å². The molecule has 0 fully saturated rings. The Labute approximate surface area is 218 Å². The van der Waals surface area contributed by atoms with Crippen molar-refractivity contribution in [3.05, 3.63) is 92.6 Å². The number of hydrogen-bond donors (Lipinski definition) is 2. The molecular formula is C26H21ClF4N2O5. The predicted octanol–water partition coefficient (Wildman–Crippen LogP) is 5.71. The maximum absolute atomic E-state index is 14.5. The van der Waals surface area contributed by atoms with Gasteiger partial charge in [0.05, 0.1) is 16.6 Å². The van der Waals surface area contributed by atoms with Crippen molar-refractivity contribution in [2.45, 2.75) is 24.6 Å². The van der Waals surface area contributed by atoms with Gasteiger partial charge in [0.25, 0.3) is 0 Å². The topological polar surface area (TPSA) is 93.7 Å². The summed E-state index contributed by atoms with van der Waals surface area (Å²) in [7, 11) is 2.90. The van der Waals surface area contributed by atoms with Gasteiger partial charge in [-0.3, -0.25) is 9.13 Å². The van der Waals surface area contributed by atoms with Crippen molar-refractivity contribution < 1.29 is 37.3 Å². The summed E-state index contributed by atoms with van der Waals surface area (Å²) >= 11 is 6.31. The molecule has 0 aliphatic heterocycles. The maximum atomic E-state index is 14.5. The number of carbonyl (C=O) groups is 1. The van der Waals surface area contributed by atoms with Crippen LogP contribution in [-0.4, -0.2) is 31.5 Å². The maximum Gasteiger partial charge on any atom is 0.422 e. The molecule has 4 aromatic rings. The Hall–Kier alpha value is -3.83. The highest BCUT2D eigenvalue weighted by atomic mass is 35.5. The summed E-state index contributed by atoms with van der Waals surface area (Å²) in [6, 6.07) is 10.2. The van der Waals surface area contributed by atoms with Crippen LogP contribution in [0, 0.1) is 5.82 Å². The Kier molecular flexibility index (Phi) is 6.79. The van der Waals surface area contributed by atoms with Crippen LogP contribution in [0.4, 0.5) is 17.6 Å². The molecule has 1 aromatic heterocycles. The molecule has 0 radical (unpaired) electrons. The van der Waals surface area contributed by atoms with E-state index in [1.807, 2.05) is 0 Å². The Balaban J connectivity index is 1.73. The molecule has 0 bridgehead atoms. The number of aromatic nitrogens is 2. The summed E-state index contributed by atoms with van der Waals surface area (Å²) in [5.41, 5.74) is -4.08. The zero-order chi connectivity index (χ0) is 28.2. The van der Waals surface area contributed by atoms with Crippen molar-refractivity contribution in [2.24, 2.45) is 14.1 Å². The first-order valence-electron chi connectivity index (χ1n) is 11.1. The van der Waals surface area contributed by atoms with Crippen LogP contribution in [0.2, 0.25) is 5.02 Å². The Morgan fingerprint density at radius 2 is 1.66 bits per heavy atom. The molecule has 0 aliphatic rings. The first-order valence-corrected chi connectivity index (χ1v) is 11.5. The molecule has 0 saturated heterocycles. The Morgan fingerprint density at radius 3 is 2.24 bits per heavy atom. The van der Waals surface area contributed by atoms with Gasteiger partial charge in [-0.1, -0.05) is 30.7 Å².